The average Bonchev–Trinajstić information content (AvgIpc) is 2.44. The van der Waals surface area contributed by atoms with Gasteiger partial charge in [-0.05, 0) is 38.3 Å². The number of ether oxygens (including phenoxy) is 2. The van der Waals surface area contributed by atoms with Crippen LogP contribution in [-0.2, 0) is 9.53 Å². The van der Waals surface area contributed by atoms with E-state index in [2.05, 4.69) is 0 Å². The molecule has 0 aliphatic heterocycles. The molecular weight excluding hydrogens is 268 g/mol. The van der Waals surface area contributed by atoms with Crippen LogP contribution >= 0.6 is 0 Å². The monoisotopic (exact) mass is 294 g/mol. The molecule has 1 rings (SSSR count). The number of anilines is 2. The zero-order valence-corrected chi connectivity index (χ0v) is 13.2. The molecule has 0 fully saturated rings. The van der Waals surface area contributed by atoms with Gasteiger partial charge in [-0.3, -0.25) is 4.79 Å². The minimum absolute atomic E-state index is 0.124. The van der Waals surface area contributed by atoms with Gasteiger partial charge in [0, 0.05) is 32.3 Å². The molecule has 118 valence electrons. The lowest BCUT2D eigenvalue weighted by Crippen LogP contribution is -2.09. The van der Waals surface area contributed by atoms with Gasteiger partial charge in [-0.1, -0.05) is 0 Å². The minimum atomic E-state index is -0.124. The van der Waals surface area contributed by atoms with E-state index in [9.17, 15) is 4.79 Å². The molecule has 1 aromatic carbocycles. The number of nitrogen functional groups attached to an aromatic ring is 1. The summed E-state index contributed by atoms with van der Waals surface area (Å²) in [6.45, 7) is 2.87. The van der Waals surface area contributed by atoms with Crippen molar-refractivity contribution >= 4 is 17.3 Å². The molecule has 0 aromatic heterocycles. The second kappa shape index (κ2) is 9.10. The van der Waals surface area contributed by atoms with E-state index in [0.29, 0.717) is 31.1 Å². The molecule has 2 N–H and O–H groups in total. The lowest BCUT2D eigenvalue weighted by Gasteiger charge is -2.15. The Morgan fingerprint density at radius 3 is 2.67 bits per heavy atom. The maximum atomic E-state index is 11.2. The quantitative estimate of drug-likeness (QED) is 0.431. The van der Waals surface area contributed by atoms with Crippen molar-refractivity contribution in [2.75, 3.05) is 37.9 Å². The zero-order valence-electron chi connectivity index (χ0n) is 13.2. The van der Waals surface area contributed by atoms with E-state index in [0.717, 1.165) is 24.9 Å². The molecular formula is C16H26N2O3. The minimum Gasteiger partial charge on any atom is -0.491 e. The van der Waals surface area contributed by atoms with E-state index < -0.39 is 0 Å². The Balaban J connectivity index is 2.26. The Kier molecular flexibility index (Phi) is 7.43. The van der Waals surface area contributed by atoms with Crippen LogP contribution in [0.15, 0.2) is 18.2 Å². The summed E-state index contributed by atoms with van der Waals surface area (Å²) in [5.41, 5.74) is 7.60. The van der Waals surface area contributed by atoms with Gasteiger partial charge >= 0.3 is 5.97 Å². The first kappa shape index (κ1) is 17.1. The third-order valence-electron chi connectivity index (χ3n) is 3.10. The van der Waals surface area contributed by atoms with E-state index in [1.807, 2.05) is 44.1 Å². The predicted octanol–water partition coefficient (Wildman–Crippen LogP) is 2.84. The molecule has 0 spiro atoms. The highest BCUT2D eigenvalue weighted by molar-refractivity contribution is 5.69. The molecule has 5 heteroatoms. The summed E-state index contributed by atoms with van der Waals surface area (Å²) in [5, 5.41) is 0. The number of carbonyl (C=O) groups is 1. The molecule has 0 radical (unpaired) electrons. The van der Waals surface area contributed by atoms with E-state index >= 15 is 0 Å². The highest BCUT2D eigenvalue weighted by atomic mass is 16.5. The predicted molar refractivity (Wildman–Crippen MR) is 85.8 cm³/mol. The highest BCUT2D eigenvalue weighted by Crippen LogP contribution is 2.27. The Morgan fingerprint density at radius 1 is 1.24 bits per heavy atom. The van der Waals surface area contributed by atoms with Gasteiger partial charge in [0.1, 0.15) is 5.75 Å². The lowest BCUT2D eigenvalue weighted by atomic mass is 10.2. The Bertz CT molecular complexity index is 447. The van der Waals surface area contributed by atoms with Crippen LogP contribution in [0, 0.1) is 0 Å². The van der Waals surface area contributed by atoms with Crippen molar-refractivity contribution in [3.63, 3.8) is 0 Å². The number of hydrogen-bond donors (Lipinski definition) is 1. The van der Waals surface area contributed by atoms with Crippen molar-refractivity contribution < 1.29 is 14.3 Å². The van der Waals surface area contributed by atoms with E-state index in [4.69, 9.17) is 15.2 Å². The molecule has 0 aliphatic rings. The summed E-state index contributed by atoms with van der Waals surface area (Å²) in [7, 11) is 3.95. The van der Waals surface area contributed by atoms with Crippen molar-refractivity contribution in [3.05, 3.63) is 18.2 Å². The number of rotatable bonds is 9. The molecule has 0 bridgehead atoms. The molecule has 0 amide bonds. The van der Waals surface area contributed by atoms with Crippen LogP contribution in [0.2, 0.25) is 0 Å². The first-order valence-electron chi connectivity index (χ1n) is 7.40. The number of hydrogen-bond acceptors (Lipinski definition) is 5. The molecule has 0 aliphatic carbocycles. The van der Waals surface area contributed by atoms with Crippen LogP contribution in [0.25, 0.3) is 0 Å². The molecule has 0 saturated carbocycles. The Morgan fingerprint density at radius 2 is 2.00 bits per heavy atom. The maximum Gasteiger partial charge on any atom is 0.305 e. The SMILES string of the molecule is CCOC(=O)CCCCCOc1cc(N(C)C)ccc1N. The number of unbranched alkanes of at least 4 members (excludes halogenated alkanes) is 2. The average molecular weight is 294 g/mol. The largest absolute Gasteiger partial charge is 0.491 e. The highest BCUT2D eigenvalue weighted by Gasteiger charge is 2.04. The van der Waals surface area contributed by atoms with Crippen LogP contribution in [0.5, 0.6) is 5.75 Å². The summed E-state index contributed by atoms with van der Waals surface area (Å²) in [6, 6.07) is 5.75. The number of nitrogens with zero attached hydrogens (tertiary/aromatic N) is 1. The summed E-state index contributed by atoms with van der Waals surface area (Å²) in [5.74, 6) is 0.591. The summed E-state index contributed by atoms with van der Waals surface area (Å²) in [4.78, 5) is 13.2. The molecule has 0 atom stereocenters. The van der Waals surface area contributed by atoms with Gasteiger partial charge in [-0.25, -0.2) is 0 Å². The summed E-state index contributed by atoms with van der Waals surface area (Å²) >= 11 is 0. The molecule has 0 heterocycles. The van der Waals surface area contributed by atoms with Crippen LogP contribution in [0.4, 0.5) is 11.4 Å². The third kappa shape index (κ3) is 6.38. The fourth-order valence-electron chi connectivity index (χ4n) is 1.89. The van der Waals surface area contributed by atoms with E-state index in [-0.39, 0.29) is 5.97 Å². The maximum absolute atomic E-state index is 11.2. The van der Waals surface area contributed by atoms with Crippen LogP contribution < -0.4 is 15.4 Å². The first-order valence-corrected chi connectivity index (χ1v) is 7.40. The Labute approximate surface area is 127 Å². The molecule has 0 saturated heterocycles. The fourth-order valence-corrected chi connectivity index (χ4v) is 1.89. The van der Waals surface area contributed by atoms with Crippen LogP contribution in [0.3, 0.4) is 0 Å². The van der Waals surface area contributed by atoms with Crippen molar-refractivity contribution in [2.24, 2.45) is 0 Å². The number of esters is 1. The van der Waals surface area contributed by atoms with Gasteiger partial charge in [0.15, 0.2) is 0 Å². The Hall–Kier alpha value is -1.91. The topological polar surface area (TPSA) is 64.8 Å². The second-order valence-electron chi connectivity index (χ2n) is 5.08. The molecule has 0 unspecified atom stereocenters. The van der Waals surface area contributed by atoms with Gasteiger partial charge in [0.2, 0.25) is 0 Å². The second-order valence-corrected chi connectivity index (χ2v) is 5.08. The van der Waals surface area contributed by atoms with Crippen LogP contribution in [-0.4, -0.2) is 33.3 Å². The first-order chi connectivity index (χ1) is 10.0. The number of carbonyl (C=O) groups excluding carboxylic acids is 1. The van der Waals surface area contributed by atoms with Crippen molar-refractivity contribution in [1.29, 1.82) is 0 Å². The summed E-state index contributed by atoms with van der Waals surface area (Å²) < 4.78 is 10.6. The van der Waals surface area contributed by atoms with Crippen LogP contribution in [0.1, 0.15) is 32.6 Å². The van der Waals surface area contributed by atoms with Gasteiger partial charge < -0.3 is 20.1 Å². The molecule has 1 aromatic rings. The lowest BCUT2D eigenvalue weighted by molar-refractivity contribution is -0.143. The van der Waals surface area contributed by atoms with Gasteiger partial charge in [0.05, 0.1) is 18.9 Å². The molecule has 21 heavy (non-hydrogen) atoms. The normalized spacial score (nSPS) is 10.2. The molecule has 5 nitrogen and oxygen atoms in total. The van der Waals surface area contributed by atoms with Crippen molar-refractivity contribution in [3.8, 4) is 5.75 Å². The van der Waals surface area contributed by atoms with E-state index in [1.165, 1.54) is 0 Å². The van der Waals surface area contributed by atoms with Crippen molar-refractivity contribution in [1.82, 2.24) is 0 Å². The van der Waals surface area contributed by atoms with Gasteiger partial charge in [-0.15, -0.1) is 0 Å². The smallest absolute Gasteiger partial charge is 0.305 e. The standard InChI is InChI=1S/C16H26N2O3/c1-4-20-16(19)8-6-5-7-11-21-15-12-13(18(2)3)9-10-14(15)17/h9-10,12H,4-8,11,17H2,1-3H3. The number of nitrogens with two attached hydrogens (primary N) is 1. The van der Waals surface area contributed by atoms with Gasteiger partial charge in [-0.2, -0.15) is 0 Å². The fraction of sp³-hybridized carbons (Fsp3) is 0.562. The van der Waals surface area contributed by atoms with E-state index in [1.54, 1.807) is 0 Å². The van der Waals surface area contributed by atoms with Crippen molar-refractivity contribution in [2.45, 2.75) is 32.6 Å². The van der Waals surface area contributed by atoms with Gasteiger partial charge in [0.25, 0.3) is 0 Å². The zero-order chi connectivity index (χ0) is 15.7. The summed E-state index contributed by atoms with van der Waals surface area (Å²) in [6.07, 6.45) is 3.14. The number of benzene rings is 1. The third-order valence-corrected chi connectivity index (χ3v) is 3.10.